The Balaban J connectivity index is 1.65. The summed E-state index contributed by atoms with van der Waals surface area (Å²) in [5.74, 6) is 2.04. The van der Waals surface area contributed by atoms with Crippen LogP contribution in [-0.4, -0.2) is 38.2 Å². The number of carbonyl (C=O) groups is 1. The van der Waals surface area contributed by atoms with Crippen LogP contribution in [0.1, 0.15) is 22.0 Å². The van der Waals surface area contributed by atoms with Gasteiger partial charge in [-0.25, -0.2) is 0 Å². The number of ether oxygens (including phenoxy) is 3. The third kappa shape index (κ3) is 3.93. The van der Waals surface area contributed by atoms with Gasteiger partial charge in [-0.1, -0.05) is 24.3 Å². The molecule has 0 saturated carbocycles. The molecule has 6 heteroatoms. The second-order valence-corrected chi connectivity index (χ2v) is 7.74. The van der Waals surface area contributed by atoms with Crippen LogP contribution in [0, 0.1) is 0 Å². The molecule has 5 nitrogen and oxygen atoms in total. The van der Waals surface area contributed by atoms with Crippen molar-refractivity contribution in [2.24, 2.45) is 0 Å². The number of amides is 1. The smallest absolute Gasteiger partial charge is 0.261 e. The Bertz CT molecular complexity index is 972. The molecular weight excluding hydrogens is 386 g/mol. The van der Waals surface area contributed by atoms with Crippen molar-refractivity contribution in [1.29, 1.82) is 0 Å². The topological polar surface area (TPSA) is 48.0 Å². The van der Waals surface area contributed by atoms with E-state index in [2.05, 4.69) is 6.07 Å². The molecular formula is C23H23NO4S. The van der Waals surface area contributed by atoms with E-state index in [9.17, 15) is 4.79 Å². The van der Waals surface area contributed by atoms with Gasteiger partial charge in [-0.05, 0) is 53.3 Å². The first kappa shape index (κ1) is 19.3. The van der Waals surface area contributed by atoms with Crippen LogP contribution in [0.4, 0.5) is 0 Å². The van der Waals surface area contributed by atoms with Crippen LogP contribution in [0.3, 0.4) is 0 Å². The minimum Gasteiger partial charge on any atom is -0.493 e. The lowest BCUT2D eigenvalue weighted by atomic mass is 9.90. The van der Waals surface area contributed by atoms with Crippen LogP contribution < -0.4 is 14.2 Å². The Kier molecular flexibility index (Phi) is 5.71. The minimum absolute atomic E-state index is 0.00844. The first-order chi connectivity index (χ1) is 14.2. The first-order valence-corrected chi connectivity index (χ1v) is 10.3. The Morgan fingerprint density at radius 2 is 1.83 bits per heavy atom. The first-order valence-electron chi connectivity index (χ1n) is 9.46. The van der Waals surface area contributed by atoms with E-state index >= 15 is 0 Å². The molecule has 0 unspecified atom stereocenters. The molecule has 0 radical (unpaired) electrons. The highest BCUT2D eigenvalue weighted by atomic mass is 32.1. The van der Waals surface area contributed by atoms with Crippen LogP contribution >= 0.6 is 11.3 Å². The maximum absolute atomic E-state index is 13.1. The zero-order chi connectivity index (χ0) is 20.2. The summed E-state index contributed by atoms with van der Waals surface area (Å²) in [6.45, 7) is 0.635. The Morgan fingerprint density at radius 1 is 1.07 bits per heavy atom. The standard InChI is InChI=1S/C23H23NO4S/c1-26-19-13-16-10-11-24(22(25)15-28-17-7-4-3-5-8-17)23(21-9-6-12-29-21)18(16)14-20(19)27-2/h3-9,12-14,23H,10-11,15H2,1-2H3/t23-/m0/s1. The summed E-state index contributed by atoms with van der Waals surface area (Å²) in [7, 11) is 3.27. The van der Waals surface area contributed by atoms with Gasteiger partial charge in [0.05, 0.1) is 20.3 Å². The van der Waals surface area contributed by atoms with Crippen LogP contribution in [0.25, 0.3) is 0 Å². The summed E-state index contributed by atoms with van der Waals surface area (Å²) in [5, 5.41) is 2.04. The molecule has 150 valence electrons. The number of carbonyl (C=O) groups excluding carboxylic acids is 1. The quantitative estimate of drug-likeness (QED) is 0.608. The van der Waals surface area contributed by atoms with E-state index in [1.165, 1.54) is 5.56 Å². The summed E-state index contributed by atoms with van der Waals surface area (Å²) in [4.78, 5) is 16.1. The number of methoxy groups -OCH3 is 2. The molecule has 0 aliphatic carbocycles. The van der Waals surface area contributed by atoms with Gasteiger partial charge in [-0.2, -0.15) is 0 Å². The average Bonchev–Trinajstić information content (AvgIpc) is 3.30. The highest BCUT2D eigenvalue weighted by molar-refractivity contribution is 7.10. The summed E-state index contributed by atoms with van der Waals surface area (Å²) < 4.78 is 16.7. The van der Waals surface area contributed by atoms with Crippen LogP contribution in [0.2, 0.25) is 0 Å². The number of hydrogen-bond donors (Lipinski definition) is 0. The Labute approximate surface area is 174 Å². The predicted octanol–water partition coefficient (Wildman–Crippen LogP) is 4.32. The fraction of sp³-hybridized carbons (Fsp3) is 0.261. The lowest BCUT2D eigenvalue weighted by molar-refractivity contribution is -0.135. The summed E-state index contributed by atoms with van der Waals surface area (Å²) in [6, 6.07) is 17.4. The molecule has 29 heavy (non-hydrogen) atoms. The molecule has 0 saturated heterocycles. The molecule has 2 heterocycles. The van der Waals surface area contributed by atoms with Crippen molar-refractivity contribution in [2.75, 3.05) is 27.4 Å². The molecule has 1 aliphatic heterocycles. The van der Waals surface area contributed by atoms with Gasteiger partial charge in [0.15, 0.2) is 18.1 Å². The number of nitrogens with zero attached hydrogens (tertiary/aromatic N) is 1. The third-order valence-corrected chi connectivity index (χ3v) is 6.04. The van der Waals surface area contributed by atoms with Crippen molar-refractivity contribution < 1.29 is 19.0 Å². The van der Waals surface area contributed by atoms with E-state index in [1.807, 2.05) is 58.8 Å². The number of benzene rings is 2. The Morgan fingerprint density at radius 3 is 2.52 bits per heavy atom. The second kappa shape index (κ2) is 8.57. The van der Waals surface area contributed by atoms with Gasteiger partial charge in [0, 0.05) is 11.4 Å². The monoisotopic (exact) mass is 409 g/mol. The van der Waals surface area contributed by atoms with Crippen molar-refractivity contribution in [3.8, 4) is 17.2 Å². The van der Waals surface area contributed by atoms with Gasteiger partial charge in [-0.15, -0.1) is 11.3 Å². The van der Waals surface area contributed by atoms with Crippen molar-refractivity contribution >= 4 is 17.2 Å². The number of fused-ring (bicyclic) bond motifs is 1. The van der Waals surface area contributed by atoms with E-state index in [0.29, 0.717) is 23.8 Å². The van der Waals surface area contributed by atoms with Crippen LogP contribution in [-0.2, 0) is 11.2 Å². The highest BCUT2D eigenvalue weighted by Crippen LogP contribution is 2.42. The lowest BCUT2D eigenvalue weighted by Gasteiger charge is -2.37. The van der Waals surface area contributed by atoms with Crippen molar-refractivity contribution in [3.63, 3.8) is 0 Å². The van der Waals surface area contributed by atoms with Gasteiger partial charge < -0.3 is 19.1 Å². The Hall–Kier alpha value is -2.99. The fourth-order valence-electron chi connectivity index (χ4n) is 3.71. The number of rotatable bonds is 6. The largest absolute Gasteiger partial charge is 0.493 e. The molecule has 0 bridgehead atoms. The van der Waals surface area contributed by atoms with Crippen LogP contribution in [0.15, 0.2) is 60.0 Å². The number of para-hydroxylation sites is 1. The van der Waals surface area contributed by atoms with E-state index in [1.54, 1.807) is 25.6 Å². The van der Waals surface area contributed by atoms with E-state index in [-0.39, 0.29) is 18.6 Å². The normalized spacial score (nSPS) is 15.5. The zero-order valence-electron chi connectivity index (χ0n) is 16.5. The third-order valence-electron chi connectivity index (χ3n) is 5.11. The van der Waals surface area contributed by atoms with Gasteiger partial charge >= 0.3 is 0 Å². The van der Waals surface area contributed by atoms with E-state index in [0.717, 1.165) is 16.9 Å². The van der Waals surface area contributed by atoms with Gasteiger partial charge in [0.2, 0.25) is 0 Å². The molecule has 4 rings (SSSR count). The molecule has 1 atom stereocenters. The SMILES string of the molecule is COc1cc2c(cc1OC)[C@@H](c1cccs1)N(C(=O)COc1ccccc1)CC2. The zero-order valence-corrected chi connectivity index (χ0v) is 17.3. The van der Waals surface area contributed by atoms with Crippen molar-refractivity contribution in [1.82, 2.24) is 4.90 Å². The number of thiophene rings is 1. The highest BCUT2D eigenvalue weighted by Gasteiger charge is 2.34. The molecule has 0 spiro atoms. The molecule has 2 aromatic carbocycles. The molecule has 0 N–H and O–H groups in total. The van der Waals surface area contributed by atoms with Crippen LogP contribution in [0.5, 0.6) is 17.2 Å². The molecule has 0 fully saturated rings. The molecule has 1 aliphatic rings. The van der Waals surface area contributed by atoms with E-state index in [4.69, 9.17) is 14.2 Å². The average molecular weight is 410 g/mol. The fourth-order valence-corrected chi connectivity index (χ4v) is 4.57. The molecule has 1 amide bonds. The summed E-state index contributed by atoms with van der Waals surface area (Å²) in [6.07, 6.45) is 0.759. The van der Waals surface area contributed by atoms with Gasteiger partial charge in [-0.3, -0.25) is 4.79 Å². The van der Waals surface area contributed by atoms with Gasteiger partial charge in [0.1, 0.15) is 5.75 Å². The maximum atomic E-state index is 13.1. The number of hydrogen-bond acceptors (Lipinski definition) is 5. The van der Waals surface area contributed by atoms with Crippen molar-refractivity contribution in [3.05, 3.63) is 76.0 Å². The maximum Gasteiger partial charge on any atom is 0.261 e. The predicted molar refractivity (Wildman–Crippen MR) is 113 cm³/mol. The lowest BCUT2D eigenvalue weighted by Crippen LogP contribution is -2.42. The van der Waals surface area contributed by atoms with Gasteiger partial charge in [0.25, 0.3) is 5.91 Å². The van der Waals surface area contributed by atoms with Crippen molar-refractivity contribution in [2.45, 2.75) is 12.5 Å². The summed E-state index contributed by atoms with van der Waals surface area (Å²) in [5.41, 5.74) is 2.25. The van der Waals surface area contributed by atoms with E-state index < -0.39 is 0 Å². The summed E-state index contributed by atoms with van der Waals surface area (Å²) >= 11 is 1.65. The minimum atomic E-state index is -0.162. The molecule has 1 aromatic heterocycles. The molecule has 3 aromatic rings. The second-order valence-electron chi connectivity index (χ2n) is 6.76.